The van der Waals surface area contributed by atoms with Crippen LogP contribution in [0.1, 0.15) is 34.1 Å². The van der Waals surface area contributed by atoms with Crippen LogP contribution in [-0.2, 0) is 6.42 Å². The van der Waals surface area contributed by atoms with Gasteiger partial charge < -0.3 is 5.11 Å². The van der Waals surface area contributed by atoms with Crippen LogP contribution < -0.4 is 0 Å². The molecule has 18 heavy (non-hydrogen) atoms. The Morgan fingerprint density at radius 1 is 1.06 bits per heavy atom. The highest BCUT2D eigenvalue weighted by Gasteiger charge is 2.11. The summed E-state index contributed by atoms with van der Waals surface area (Å²) in [5, 5.41) is 10.3. The SMILES string of the molecule is Cc1ccc(C(O)Cc2ncccc2C)cc1C. The number of aryl methyl sites for hydroxylation is 3. The highest BCUT2D eigenvalue weighted by Crippen LogP contribution is 2.21. The Labute approximate surface area is 108 Å². The van der Waals surface area contributed by atoms with Gasteiger partial charge in [-0.2, -0.15) is 0 Å². The molecule has 0 saturated carbocycles. The summed E-state index contributed by atoms with van der Waals surface area (Å²) in [6, 6.07) is 10.0. The molecule has 0 spiro atoms. The Hall–Kier alpha value is -1.67. The lowest BCUT2D eigenvalue weighted by atomic mass is 9.99. The summed E-state index contributed by atoms with van der Waals surface area (Å²) in [4.78, 5) is 4.32. The van der Waals surface area contributed by atoms with E-state index in [-0.39, 0.29) is 0 Å². The van der Waals surface area contributed by atoms with Crippen molar-refractivity contribution in [3.05, 3.63) is 64.5 Å². The molecule has 1 aromatic carbocycles. The number of aliphatic hydroxyl groups excluding tert-OH is 1. The molecule has 94 valence electrons. The van der Waals surface area contributed by atoms with Gasteiger partial charge in [0, 0.05) is 18.3 Å². The molecule has 0 radical (unpaired) electrons. The molecule has 0 aliphatic carbocycles. The summed E-state index contributed by atoms with van der Waals surface area (Å²) in [5.41, 5.74) is 5.51. The molecule has 0 fully saturated rings. The molecule has 0 amide bonds. The molecule has 1 heterocycles. The molecule has 0 bridgehead atoms. The van der Waals surface area contributed by atoms with Gasteiger partial charge >= 0.3 is 0 Å². The van der Waals surface area contributed by atoms with Crippen LogP contribution in [0.4, 0.5) is 0 Å². The monoisotopic (exact) mass is 241 g/mol. The first kappa shape index (κ1) is 12.8. The standard InChI is InChI=1S/C16H19NO/c1-11-6-7-14(9-13(11)3)16(18)10-15-12(2)5-4-8-17-15/h4-9,16,18H,10H2,1-3H3. The van der Waals surface area contributed by atoms with Crippen LogP contribution in [0, 0.1) is 20.8 Å². The summed E-state index contributed by atoms with van der Waals surface area (Å²) >= 11 is 0. The highest BCUT2D eigenvalue weighted by molar-refractivity contribution is 5.32. The second-order valence-electron chi connectivity index (χ2n) is 4.83. The minimum Gasteiger partial charge on any atom is -0.388 e. The molecule has 2 rings (SSSR count). The largest absolute Gasteiger partial charge is 0.388 e. The van der Waals surface area contributed by atoms with Gasteiger partial charge in [-0.05, 0) is 49.1 Å². The van der Waals surface area contributed by atoms with Crippen LogP contribution >= 0.6 is 0 Å². The third-order valence-corrected chi connectivity index (χ3v) is 3.42. The van der Waals surface area contributed by atoms with Crippen LogP contribution in [0.25, 0.3) is 0 Å². The fraction of sp³-hybridized carbons (Fsp3) is 0.312. The Morgan fingerprint density at radius 2 is 1.83 bits per heavy atom. The Morgan fingerprint density at radius 3 is 2.50 bits per heavy atom. The summed E-state index contributed by atoms with van der Waals surface area (Å²) in [6.07, 6.45) is 1.85. The lowest BCUT2D eigenvalue weighted by molar-refractivity contribution is 0.177. The number of aliphatic hydroxyl groups is 1. The molecule has 1 N–H and O–H groups in total. The molecular weight excluding hydrogens is 222 g/mol. The predicted molar refractivity (Wildman–Crippen MR) is 73.6 cm³/mol. The van der Waals surface area contributed by atoms with Crippen molar-refractivity contribution in [3.63, 3.8) is 0 Å². The fourth-order valence-corrected chi connectivity index (χ4v) is 2.00. The van der Waals surface area contributed by atoms with E-state index in [1.165, 1.54) is 11.1 Å². The van der Waals surface area contributed by atoms with Crippen molar-refractivity contribution in [1.29, 1.82) is 0 Å². The maximum absolute atomic E-state index is 10.3. The van der Waals surface area contributed by atoms with Crippen LogP contribution in [0.5, 0.6) is 0 Å². The number of hydrogen-bond donors (Lipinski definition) is 1. The second kappa shape index (κ2) is 5.32. The van der Waals surface area contributed by atoms with E-state index in [9.17, 15) is 5.11 Å². The van der Waals surface area contributed by atoms with E-state index < -0.39 is 6.10 Å². The fourth-order valence-electron chi connectivity index (χ4n) is 2.00. The smallest absolute Gasteiger partial charge is 0.0845 e. The molecular formula is C16H19NO. The van der Waals surface area contributed by atoms with Gasteiger partial charge in [0.2, 0.25) is 0 Å². The molecule has 1 atom stereocenters. The first-order chi connectivity index (χ1) is 8.58. The molecule has 0 saturated heterocycles. The lowest BCUT2D eigenvalue weighted by Gasteiger charge is -2.13. The summed E-state index contributed by atoms with van der Waals surface area (Å²) in [6.45, 7) is 6.17. The normalized spacial score (nSPS) is 12.4. The number of aromatic nitrogens is 1. The molecule has 0 aliphatic rings. The molecule has 1 aromatic heterocycles. The van der Waals surface area contributed by atoms with E-state index >= 15 is 0 Å². The van der Waals surface area contributed by atoms with Gasteiger partial charge in [-0.1, -0.05) is 24.3 Å². The molecule has 2 heteroatoms. The average Bonchev–Trinajstić information content (AvgIpc) is 2.35. The number of nitrogens with zero attached hydrogens (tertiary/aromatic N) is 1. The zero-order valence-electron chi connectivity index (χ0n) is 11.1. The van der Waals surface area contributed by atoms with Crippen molar-refractivity contribution in [2.45, 2.75) is 33.3 Å². The number of rotatable bonds is 3. The zero-order chi connectivity index (χ0) is 13.1. The third kappa shape index (κ3) is 2.77. The Kier molecular flexibility index (Phi) is 3.78. The minimum absolute atomic E-state index is 0.488. The van der Waals surface area contributed by atoms with Crippen LogP contribution in [-0.4, -0.2) is 10.1 Å². The zero-order valence-corrected chi connectivity index (χ0v) is 11.1. The van der Waals surface area contributed by atoms with E-state index in [0.29, 0.717) is 6.42 Å². The second-order valence-corrected chi connectivity index (χ2v) is 4.83. The van der Waals surface area contributed by atoms with Crippen LogP contribution in [0.15, 0.2) is 36.5 Å². The third-order valence-electron chi connectivity index (χ3n) is 3.42. The van der Waals surface area contributed by atoms with Gasteiger partial charge in [-0.25, -0.2) is 0 Å². The van der Waals surface area contributed by atoms with Gasteiger partial charge in [-0.15, -0.1) is 0 Å². The van der Waals surface area contributed by atoms with Crippen molar-refractivity contribution in [2.75, 3.05) is 0 Å². The molecule has 0 aliphatic heterocycles. The van der Waals surface area contributed by atoms with Crippen molar-refractivity contribution >= 4 is 0 Å². The maximum atomic E-state index is 10.3. The molecule has 2 nitrogen and oxygen atoms in total. The number of pyridine rings is 1. The minimum atomic E-state index is -0.488. The molecule has 2 aromatic rings. The number of hydrogen-bond acceptors (Lipinski definition) is 2. The first-order valence-electron chi connectivity index (χ1n) is 6.23. The highest BCUT2D eigenvalue weighted by atomic mass is 16.3. The van der Waals surface area contributed by atoms with E-state index in [0.717, 1.165) is 16.8 Å². The first-order valence-corrected chi connectivity index (χ1v) is 6.23. The van der Waals surface area contributed by atoms with E-state index in [4.69, 9.17) is 0 Å². The van der Waals surface area contributed by atoms with Crippen LogP contribution in [0.3, 0.4) is 0 Å². The average molecular weight is 241 g/mol. The summed E-state index contributed by atoms with van der Waals surface area (Å²) in [7, 11) is 0. The number of benzene rings is 1. The van der Waals surface area contributed by atoms with E-state index in [1.54, 1.807) is 6.20 Å². The van der Waals surface area contributed by atoms with Crippen LogP contribution in [0.2, 0.25) is 0 Å². The topological polar surface area (TPSA) is 33.1 Å². The summed E-state index contributed by atoms with van der Waals surface area (Å²) in [5.74, 6) is 0. The quantitative estimate of drug-likeness (QED) is 0.894. The maximum Gasteiger partial charge on any atom is 0.0845 e. The van der Waals surface area contributed by atoms with Gasteiger partial charge in [0.05, 0.1) is 6.10 Å². The lowest BCUT2D eigenvalue weighted by Crippen LogP contribution is -2.05. The van der Waals surface area contributed by atoms with Gasteiger partial charge in [0.1, 0.15) is 0 Å². The summed E-state index contributed by atoms with van der Waals surface area (Å²) < 4.78 is 0. The Bertz CT molecular complexity index is 549. The van der Waals surface area contributed by atoms with Gasteiger partial charge in [-0.3, -0.25) is 4.98 Å². The van der Waals surface area contributed by atoms with Crippen molar-refractivity contribution in [2.24, 2.45) is 0 Å². The molecule has 1 unspecified atom stereocenters. The van der Waals surface area contributed by atoms with Crippen molar-refractivity contribution in [3.8, 4) is 0 Å². The van der Waals surface area contributed by atoms with E-state index in [2.05, 4.69) is 31.0 Å². The van der Waals surface area contributed by atoms with E-state index in [1.807, 2.05) is 25.1 Å². The Balaban J connectivity index is 2.19. The van der Waals surface area contributed by atoms with Crippen molar-refractivity contribution < 1.29 is 5.11 Å². The van der Waals surface area contributed by atoms with Gasteiger partial charge in [0.25, 0.3) is 0 Å². The van der Waals surface area contributed by atoms with Gasteiger partial charge in [0.15, 0.2) is 0 Å². The van der Waals surface area contributed by atoms with Crippen molar-refractivity contribution in [1.82, 2.24) is 4.98 Å². The predicted octanol–water partition coefficient (Wildman–Crippen LogP) is 3.28.